The second-order valence-electron chi connectivity index (χ2n) is 4.24. The molecule has 0 radical (unpaired) electrons. The van der Waals surface area contributed by atoms with Gasteiger partial charge in [-0.05, 0) is 17.0 Å². The van der Waals surface area contributed by atoms with E-state index in [0.717, 1.165) is 5.56 Å². The number of hydrogen-bond donors (Lipinski definition) is 2. The maximum atomic E-state index is 10.8. The van der Waals surface area contributed by atoms with Gasteiger partial charge in [0.25, 0.3) is 0 Å². The van der Waals surface area contributed by atoms with Gasteiger partial charge >= 0.3 is 5.97 Å². The molecule has 1 aromatic carbocycles. The molecule has 0 saturated heterocycles. The third-order valence-corrected chi connectivity index (χ3v) is 2.62. The molecule has 0 heterocycles. The van der Waals surface area contributed by atoms with Crippen molar-refractivity contribution in [2.45, 2.75) is 32.2 Å². The molecule has 0 aliphatic carbocycles. The Bertz CT molecular complexity index is 390. The van der Waals surface area contributed by atoms with E-state index in [1.165, 1.54) is 12.0 Å². The Morgan fingerprint density at radius 1 is 1.33 bits per heavy atom. The second-order valence-corrected chi connectivity index (χ2v) is 4.24. The Hall–Kier alpha value is -2.84. The van der Waals surface area contributed by atoms with Gasteiger partial charge in [0, 0.05) is 6.42 Å². The molecule has 5 heteroatoms. The molecule has 18 heavy (non-hydrogen) atoms. The fraction of sp³-hybridized carbons (Fsp3) is 0.385. The van der Waals surface area contributed by atoms with E-state index in [0.29, 0.717) is 5.92 Å². The average molecular weight is 491 g/mol. The zero-order valence-corrected chi connectivity index (χ0v) is 12.6. The predicted octanol–water partition coefficient (Wildman–Crippen LogP) is 1.46. The monoisotopic (exact) mass is 491 g/mol. The number of rotatable bonds is 6. The van der Waals surface area contributed by atoms with Gasteiger partial charge in [0.1, 0.15) is 6.04 Å². The molecule has 0 saturated carbocycles. The number of carbonyl (C=O) groups excluding carboxylic acids is 1. The molecular weight excluding hydrogens is 475 g/mol. The van der Waals surface area contributed by atoms with E-state index in [1.807, 2.05) is 24.3 Å². The summed E-state index contributed by atoms with van der Waals surface area (Å²) in [5, 5.41) is 11.0. The Morgan fingerprint density at radius 3 is 2.28 bits per heavy atom. The number of carbonyl (C=O) groups is 1. The normalized spacial score (nSPS) is 11.5. The molecule has 0 bridgehead atoms. The van der Waals surface area contributed by atoms with Gasteiger partial charge in [-0.3, -0.25) is 4.79 Å². The van der Waals surface area contributed by atoms with E-state index in [9.17, 15) is 9.59 Å². The predicted molar refractivity (Wildman–Crippen MR) is 64.5 cm³/mol. The molecule has 4 nitrogen and oxygen atoms in total. The van der Waals surface area contributed by atoms with E-state index in [4.69, 9.17) is 5.11 Å². The van der Waals surface area contributed by atoms with Gasteiger partial charge < -0.3 is 15.2 Å². The minimum Gasteiger partial charge on any atom is -0.520 e. The molecule has 1 atom stereocenters. The van der Waals surface area contributed by atoms with Gasteiger partial charge in [0.05, 0.1) is 0 Å². The molecule has 104 valence electrons. The van der Waals surface area contributed by atoms with E-state index in [1.54, 1.807) is 0 Å². The smallest absolute Gasteiger partial charge is 0.323 e. The molecule has 0 fully saturated rings. The van der Waals surface area contributed by atoms with Crippen molar-refractivity contribution in [1.82, 2.24) is 5.32 Å². The summed E-state index contributed by atoms with van der Waals surface area (Å²) in [7, 11) is 0. The van der Waals surface area contributed by atoms with Crippen molar-refractivity contribution in [3.63, 3.8) is 0 Å². The SMILES string of the molecule is CC(C)c1ccc(C[C@H](N[C-]=O)C(=O)O)cc1.[Fm]. The van der Waals surface area contributed by atoms with Crippen LogP contribution in [0.2, 0.25) is 0 Å². The van der Waals surface area contributed by atoms with Crippen LogP contribution in [-0.4, -0.2) is 23.5 Å². The van der Waals surface area contributed by atoms with Crippen LogP contribution in [0.5, 0.6) is 0 Å². The average Bonchev–Trinajstić information content (AvgIpc) is 2.29. The van der Waals surface area contributed by atoms with Crippen LogP contribution < -0.4 is 5.32 Å². The van der Waals surface area contributed by atoms with Crippen LogP contribution in [0.15, 0.2) is 24.3 Å². The molecule has 1 amide bonds. The van der Waals surface area contributed by atoms with Crippen LogP contribution in [0, 0.1) is 0 Å². The third kappa shape index (κ3) is 3.96. The molecule has 0 unspecified atom stereocenters. The molecule has 0 spiro atoms. The van der Waals surface area contributed by atoms with Crippen molar-refractivity contribution in [2.24, 2.45) is 0 Å². The number of hydrogen-bond acceptors (Lipinski definition) is 2. The molecule has 0 aliphatic rings. The van der Waals surface area contributed by atoms with Crippen molar-refractivity contribution in [1.29, 1.82) is 0 Å². The maximum absolute atomic E-state index is 10.8. The van der Waals surface area contributed by atoms with E-state index in [2.05, 4.69) is 19.2 Å². The maximum Gasteiger partial charge on any atom is 0.323 e. The Kier molecular flexibility index (Phi) is 5.63. The van der Waals surface area contributed by atoms with Crippen molar-refractivity contribution >= 4 is 12.4 Å². The van der Waals surface area contributed by atoms with E-state index >= 15 is 0 Å². The third-order valence-electron chi connectivity index (χ3n) is 2.62. The fourth-order valence-electron chi connectivity index (χ4n) is 1.55. The van der Waals surface area contributed by atoms with Gasteiger partial charge in [-0.2, -0.15) is 6.41 Å². The number of carboxylic acids is 1. The summed E-state index contributed by atoms with van der Waals surface area (Å²) in [5.74, 6) is -0.609. The minimum atomic E-state index is -1.05. The summed E-state index contributed by atoms with van der Waals surface area (Å²) in [5.41, 5.74) is 2.08. The van der Waals surface area contributed by atoms with Crippen LogP contribution in [-0.2, 0) is 16.0 Å². The van der Waals surface area contributed by atoms with Crippen molar-refractivity contribution in [2.75, 3.05) is 0 Å². The first-order valence-electron chi connectivity index (χ1n) is 5.49. The van der Waals surface area contributed by atoms with E-state index < -0.39 is 12.0 Å². The summed E-state index contributed by atoms with van der Waals surface area (Å²) in [6.45, 7) is 4.19. The largest absolute Gasteiger partial charge is 0.520 e. The van der Waals surface area contributed by atoms with E-state index in [-0.39, 0.29) is 6.42 Å². The van der Waals surface area contributed by atoms with Crippen LogP contribution in [0.25, 0.3) is 0 Å². The first-order chi connectivity index (χ1) is 8.04. The number of carboxylic acid groups (broad SMARTS) is 1. The number of aliphatic carboxylic acids is 1. The Balaban J connectivity index is 0.00000289. The van der Waals surface area contributed by atoms with Crippen LogP contribution in [0.3, 0.4) is 0 Å². The molecule has 2 N–H and O–H groups in total. The first kappa shape index (κ1) is 15.2. The summed E-state index contributed by atoms with van der Waals surface area (Å²) >= 11 is 0. The second kappa shape index (κ2) is 6.68. The quantitative estimate of drug-likeness (QED) is 0.468. The van der Waals surface area contributed by atoms with Gasteiger partial charge in [0.15, 0.2) is 0 Å². The number of benzene rings is 1. The Labute approximate surface area is 101 Å². The van der Waals surface area contributed by atoms with Crippen molar-refractivity contribution in [3.8, 4) is 0 Å². The van der Waals surface area contributed by atoms with Gasteiger partial charge in [-0.25, -0.2) is 0 Å². The van der Waals surface area contributed by atoms with Crippen LogP contribution in [0.1, 0.15) is 30.9 Å². The summed E-state index contributed by atoms with van der Waals surface area (Å²) in [6, 6.07) is 6.81. The standard InChI is InChI=1S/C13H16NO3.Fm/c1-9(2)11-5-3-10(4-6-11)7-12(13(16)17)14-8-15;/h3-6,9,12H,7H2,1-2H3,(H,14,15)(H,16,17);/q-1;/t12-;/m0./s1. The minimum absolute atomic E-state index is 0. The first-order valence-corrected chi connectivity index (χ1v) is 5.49. The topological polar surface area (TPSA) is 66.4 Å². The molecule has 0 aromatic heterocycles. The molecule has 1 rings (SSSR count). The number of amides is 1. The Morgan fingerprint density at radius 2 is 1.89 bits per heavy atom. The molecular formula is C13H16FmNO3-. The molecule has 0 aliphatic heterocycles. The van der Waals surface area contributed by atoms with Crippen molar-refractivity contribution in [3.05, 3.63) is 35.4 Å². The van der Waals surface area contributed by atoms with Crippen LogP contribution >= 0.6 is 0 Å². The summed E-state index contributed by atoms with van der Waals surface area (Å²) in [4.78, 5) is 21.0. The molecule has 1 aromatic rings. The fourth-order valence-corrected chi connectivity index (χ4v) is 1.55. The zero-order valence-electron chi connectivity index (χ0n) is 10.2. The summed E-state index contributed by atoms with van der Waals surface area (Å²) < 4.78 is 0. The van der Waals surface area contributed by atoms with Crippen LogP contribution in [0.4, 0.5) is 0 Å². The van der Waals surface area contributed by atoms with Gasteiger partial charge in [-0.15, -0.1) is 0 Å². The zero-order chi connectivity index (χ0) is 12.8. The van der Waals surface area contributed by atoms with Gasteiger partial charge in [0.2, 0.25) is 0 Å². The van der Waals surface area contributed by atoms with Crippen molar-refractivity contribution < 1.29 is 14.7 Å². The summed E-state index contributed by atoms with van der Waals surface area (Å²) in [6.07, 6.45) is 1.68. The number of nitrogens with one attached hydrogen (secondary N) is 1. The van der Waals surface area contributed by atoms with Gasteiger partial charge in [-0.1, -0.05) is 38.1 Å².